The summed E-state index contributed by atoms with van der Waals surface area (Å²) in [6.45, 7) is 4.25. The normalized spacial score (nSPS) is 25.9. The van der Waals surface area contributed by atoms with Gasteiger partial charge in [-0.2, -0.15) is 0 Å². The molecule has 1 aliphatic rings. The molecule has 0 bridgehead atoms. The maximum Gasteiger partial charge on any atom is 0.330 e. The summed E-state index contributed by atoms with van der Waals surface area (Å²) in [4.78, 5) is 46.4. The zero-order valence-electron chi connectivity index (χ0n) is 18.4. The van der Waals surface area contributed by atoms with E-state index in [1.54, 1.807) is 0 Å². The second-order valence-electron chi connectivity index (χ2n) is 6.73. The van der Waals surface area contributed by atoms with Gasteiger partial charge in [0.2, 0.25) is 0 Å². The molecule has 1 saturated heterocycles. The highest BCUT2D eigenvalue weighted by atomic mass is 31.2. The van der Waals surface area contributed by atoms with Gasteiger partial charge in [-0.25, -0.2) is 0 Å². The number of rotatable bonds is 10. The monoisotopic (exact) mass is 468 g/mol. The Labute approximate surface area is 180 Å². The molecule has 0 radical (unpaired) electrons. The van der Waals surface area contributed by atoms with Gasteiger partial charge in [0.15, 0.2) is 18.3 Å². The Balaban J connectivity index is 3.32. The first-order valence-electron chi connectivity index (χ1n) is 9.43. The van der Waals surface area contributed by atoms with Crippen LogP contribution in [0.15, 0.2) is 0 Å². The van der Waals surface area contributed by atoms with Crippen LogP contribution in [0.4, 0.5) is 0 Å². The Hall–Kier alpha value is -2.01. The Bertz CT molecular complexity index is 700. The van der Waals surface area contributed by atoms with Gasteiger partial charge in [-0.1, -0.05) is 0 Å². The van der Waals surface area contributed by atoms with Crippen LogP contribution in [0, 0.1) is 0 Å². The molecule has 13 heteroatoms. The summed E-state index contributed by atoms with van der Waals surface area (Å²) in [5, 5.41) is 0. The van der Waals surface area contributed by atoms with Crippen molar-refractivity contribution in [3.8, 4) is 0 Å². The first-order chi connectivity index (χ1) is 14.4. The molecule has 1 aliphatic heterocycles. The Kier molecular flexibility index (Phi) is 10.6. The van der Waals surface area contributed by atoms with E-state index in [0.717, 1.165) is 20.8 Å². The van der Waals surface area contributed by atoms with Gasteiger partial charge in [0.1, 0.15) is 12.7 Å². The molecule has 31 heavy (non-hydrogen) atoms. The zero-order valence-corrected chi connectivity index (χ0v) is 19.2. The topological polar surface area (TPSA) is 150 Å². The maximum absolute atomic E-state index is 12.5. The minimum absolute atomic E-state index is 0.00195. The largest absolute Gasteiger partial charge is 0.463 e. The predicted octanol–water partition coefficient (Wildman–Crippen LogP) is 0.988. The number of carbonyl (C=O) groups excluding carboxylic acids is 4. The third-order valence-electron chi connectivity index (χ3n) is 4.33. The number of ether oxygens (including phenoxy) is 5. The minimum Gasteiger partial charge on any atom is -0.463 e. The fourth-order valence-corrected chi connectivity index (χ4v) is 4.18. The fourth-order valence-electron chi connectivity index (χ4n) is 3.09. The van der Waals surface area contributed by atoms with Crippen molar-refractivity contribution in [3.63, 3.8) is 0 Å². The molecule has 0 N–H and O–H groups in total. The van der Waals surface area contributed by atoms with Crippen molar-refractivity contribution < 1.29 is 56.5 Å². The first-order valence-corrected chi connectivity index (χ1v) is 11.2. The van der Waals surface area contributed by atoms with Crippen LogP contribution in [0.5, 0.6) is 0 Å². The summed E-state index contributed by atoms with van der Waals surface area (Å²) >= 11 is 0. The van der Waals surface area contributed by atoms with Gasteiger partial charge in [0, 0.05) is 41.9 Å². The lowest BCUT2D eigenvalue weighted by Crippen LogP contribution is -2.62. The molecule has 0 unspecified atom stereocenters. The third kappa shape index (κ3) is 8.56. The van der Waals surface area contributed by atoms with E-state index in [9.17, 15) is 23.7 Å². The van der Waals surface area contributed by atoms with Crippen molar-refractivity contribution in [3.05, 3.63) is 0 Å². The van der Waals surface area contributed by atoms with Gasteiger partial charge < -0.3 is 32.7 Å². The molecule has 0 spiro atoms. The molecule has 5 atom stereocenters. The molecule has 1 rings (SSSR count). The quantitative estimate of drug-likeness (QED) is 0.255. The molecule has 1 heterocycles. The van der Waals surface area contributed by atoms with E-state index in [1.165, 1.54) is 21.1 Å². The summed E-state index contributed by atoms with van der Waals surface area (Å²) in [6, 6.07) is 0. The first kappa shape index (κ1) is 27.0. The summed E-state index contributed by atoms with van der Waals surface area (Å²) in [7, 11) is -1.00. The van der Waals surface area contributed by atoms with Crippen molar-refractivity contribution in [1.82, 2.24) is 0 Å². The van der Waals surface area contributed by atoms with Crippen LogP contribution in [0.1, 0.15) is 34.1 Å². The molecule has 178 valence electrons. The maximum atomic E-state index is 12.5. The summed E-state index contributed by atoms with van der Waals surface area (Å²) < 4.78 is 49.1. The number of esters is 4. The molecular weight excluding hydrogens is 439 g/mol. The lowest BCUT2D eigenvalue weighted by Gasteiger charge is -2.44. The van der Waals surface area contributed by atoms with Crippen LogP contribution in [0.25, 0.3) is 0 Å². The Morgan fingerprint density at radius 1 is 0.742 bits per heavy atom. The van der Waals surface area contributed by atoms with E-state index in [1.807, 2.05) is 0 Å². The summed E-state index contributed by atoms with van der Waals surface area (Å²) in [6.07, 6.45) is -5.86. The van der Waals surface area contributed by atoms with Crippen LogP contribution in [-0.4, -0.2) is 81.4 Å². The number of carbonyl (C=O) groups is 4. The molecule has 0 saturated carbocycles. The molecular formula is C18H29O12P. The standard InChI is InChI=1S/C18H29O12P/c1-10(19)26-9-15-17(28-12(3)21)18(29-13(4)22)16(27-11(2)20)14(30-15)7-8-31(23,24-5)25-6/h14-18H,7-9H2,1-6H3/t14-,15-,16+,17+,18-/m1/s1. The highest BCUT2D eigenvalue weighted by Gasteiger charge is 2.52. The van der Waals surface area contributed by atoms with E-state index in [4.69, 9.17) is 32.7 Å². The summed E-state index contributed by atoms with van der Waals surface area (Å²) in [5.41, 5.74) is 0. The molecule has 1 fully saturated rings. The van der Waals surface area contributed by atoms with Gasteiger partial charge in [-0.15, -0.1) is 0 Å². The van der Waals surface area contributed by atoms with Crippen LogP contribution < -0.4 is 0 Å². The Morgan fingerprint density at radius 2 is 1.19 bits per heavy atom. The lowest BCUT2D eigenvalue weighted by atomic mass is 9.93. The van der Waals surface area contributed by atoms with E-state index in [0.29, 0.717) is 0 Å². The van der Waals surface area contributed by atoms with Gasteiger partial charge in [0.25, 0.3) is 0 Å². The zero-order chi connectivity index (χ0) is 23.8. The van der Waals surface area contributed by atoms with Crippen LogP contribution >= 0.6 is 7.60 Å². The smallest absolute Gasteiger partial charge is 0.330 e. The van der Waals surface area contributed by atoms with Gasteiger partial charge in [-0.05, 0) is 6.42 Å². The molecule has 0 aliphatic carbocycles. The Morgan fingerprint density at radius 3 is 1.61 bits per heavy atom. The lowest BCUT2D eigenvalue weighted by molar-refractivity contribution is -0.252. The van der Waals surface area contributed by atoms with Gasteiger partial charge >= 0.3 is 31.5 Å². The van der Waals surface area contributed by atoms with Crippen molar-refractivity contribution in [1.29, 1.82) is 0 Å². The highest BCUT2D eigenvalue weighted by Crippen LogP contribution is 2.48. The van der Waals surface area contributed by atoms with Crippen LogP contribution in [0.3, 0.4) is 0 Å². The molecule has 0 aromatic carbocycles. The number of hydrogen-bond acceptors (Lipinski definition) is 12. The van der Waals surface area contributed by atoms with Crippen molar-refractivity contribution >= 4 is 31.5 Å². The highest BCUT2D eigenvalue weighted by molar-refractivity contribution is 7.53. The number of hydrogen-bond donors (Lipinski definition) is 0. The third-order valence-corrected chi connectivity index (χ3v) is 6.25. The minimum atomic E-state index is -3.44. The average Bonchev–Trinajstić information content (AvgIpc) is 2.67. The second kappa shape index (κ2) is 12.1. The van der Waals surface area contributed by atoms with E-state index >= 15 is 0 Å². The molecule has 0 aromatic heterocycles. The van der Waals surface area contributed by atoms with Crippen molar-refractivity contribution in [2.75, 3.05) is 27.0 Å². The van der Waals surface area contributed by atoms with Crippen LogP contribution in [0.2, 0.25) is 0 Å². The molecule has 12 nitrogen and oxygen atoms in total. The van der Waals surface area contributed by atoms with E-state index < -0.39 is 62.0 Å². The average molecular weight is 468 g/mol. The predicted molar refractivity (Wildman–Crippen MR) is 103 cm³/mol. The molecule has 0 aromatic rings. The van der Waals surface area contributed by atoms with Crippen molar-refractivity contribution in [2.24, 2.45) is 0 Å². The second-order valence-corrected chi connectivity index (χ2v) is 9.13. The SMILES string of the molecule is COP(=O)(CC[C@H]1O[C@H](COC(C)=O)[C@H](OC(C)=O)[C@H](OC(C)=O)[C@H]1OC(C)=O)OC. The van der Waals surface area contributed by atoms with Crippen LogP contribution in [-0.2, 0) is 56.5 Å². The van der Waals surface area contributed by atoms with Gasteiger partial charge in [-0.3, -0.25) is 23.7 Å². The fraction of sp³-hybridized carbons (Fsp3) is 0.778. The van der Waals surface area contributed by atoms with Crippen molar-refractivity contribution in [2.45, 2.75) is 64.6 Å². The van der Waals surface area contributed by atoms with E-state index in [2.05, 4.69) is 0 Å². The van der Waals surface area contributed by atoms with Gasteiger partial charge in [0.05, 0.1) is 12.3 Å². The summed E-state index contributed by atoms with van der Waals surface area (Å²) in [5.74, 6) is -2.78. The van der Waals surface area contributed by atoms with E-state index in [-0.39, 0.29) is 19.2 Å². The molecule has 0 amide bonds.